The van der Waals surface area contributed by atoms with E-state index in [-0.39, 0.29) is 23.4 Å². The quantitative estimate of drug-likeness (QED) is 0.180. The van der Waals surface area contributed by atoms with E-state index in [0.717, 1.165) is 12.8 Å². The van der Waals surface area contributed by atoms with E-state index >= 15 is 0 Å². The van der Waals surface area contributed by atoms with Gasteiger partial charge in [-0.3, -0.25) is 4.18 Å². The van der Waals surface area contributed by atoms with Gasteiger partial charge in [-0.2, -0.15) is 8.42 Å². The molecule has 2 aliphatic heterocycles. The van der Waals surface area contributed by atoms with Crippen molar-refractivity contribution in [2.75, 3.05) is 18.4 Å². The van der Waals surface area contributed by atoms with Crippen LogP contribution in [0.1, 0.15) is 46.5 Å². The van der Waals surface area contributed by atoms with Crippen molar-refractivity contribution in [3.05, 3.63) is 60.7 Å². The average Bonchev–Trinajstić information content (AvgIpc) is 3.62. The minimum atomic E-state index is -3.74. The molecule has 0 aliphatic carbocycles. The normalized spacial score (nSPS) is 25.0. The number of hydrogen-bond donors (Lipinski definition) is 0. The second kappa shape index (κ2) is 11.6. The van der Waals surface area contributed by atoms with Crippen molar-refractivity contribution in [3.63, 3.8) is 0 Å². The molecule has 36 heavy (non-hydrogen) atoms. The minimum absolute atomic E-state index is 0.0150. The van der Waals surface area contributed by atoms with Gasteiger partial charge in [-0.05, 0) is 41.1 Å². The molecule has 0 amide bonds. The number of rotatable bonds is 11. The van der Waals surface area contributed by atoms with E-state index in [2.05, 4.69) is 69.3 Å². The van der Waals surface area contributed by atoms with Crippen LogP contribution in [0.15, 0.2) is 60.7 Å². The molecule has 0 radical (unpaired) electrons. The molecule has 2 aliphatic rings. The Morgan fingerprint density at radius 1 is 0.944 bits per heavy atom. The number of hydrogen-bond acceptors (Lipinski definition) is 6. The van der Waals surface area contributed by atoms with E-state index < -0.39 is 29.8 Å². The highest BCUT2D eigenvalue weighted by Gasteiger charge is 2.52. The topological polar surface area (TPSA) is 74.4 Å². The van der Waals surface area contributed by atoms with Gasteiger partial charge in [0.05, 0.1) is 18.8 Å². The Balaban J connectivity index is 1.42. The Bertz CT molecular complexity index is 1040. The standard InChI is InChI=1S/C27H37ClO6SSi/c1-27(2,3)36(21-11-6-4-7-12-21,22-13-8-5-9-14-22)32-19-26-24(33-26)17-16-23-25(15-10-18-31-23)34-35(29,30)20-28/h4-9,11-14,23-26H,10,15-20H2,1-3H3/t23-,24-,25-,26+/m1/s1. The predicted octanol–water partition coefficient (Wildman–Crippen LogP) is 4.20. The van der Waals surface area contributed by atoms with Crippen LogP contribution in [0.5, 0.6) is 0 Å². The lowest BCUT2D eigenvalue weighted by molar-refractivity contribution is -0.0647. The zero-order valence-corrected chi connectivity index (χ0v) is 23.8. The van der Waals surface area contributed by atoms with Crippen molar-refractivity contribution >= 4 is 40.4 Å². The number of alkyl halides is 1. The lowest BCUT2D eigenvalue weighted by Gasteiger charge is -2.43. The summed E-state index contributed by atoms with van der Waals surface area (Å²) < 4.78 is 47.9. The van der Waals surface area contributed by atoms with Crippen LogP contribution in [0, 0.1) is 0 Å². The number of benzene rings is 2. The maximum atomic E-state index is 11.9. The Labute approximate surface area is 221 Å². The summed E-state index contributed by atoms with van der Waals surface area (Å²) in [5.74, 6) is 0. The average molecular weight is 553 g/mol. The molecule has 2 saturated heterocycles. The highest BCUT2D eigenvalue weighted by atomic mass is 35.5. The summed E-state index contributed by atoms with van der Waals surface area (Å²) in [6.07, 6.45) is 2.16. The van der Waals surface area contributed by atoms with Crippen molar-refractivity contribution in [2.45, 2.75) is 75.9 Å². The molecule has 0 bridgehead atoms. The summed E-state index contributed by atoms with van der Waals surface area (Å²) in [6.45, 7) is 7.92. The maximum Gasteiger partial charge on any atom is 0.281 e. The molecule has 2 heterocycles. The van der Waals surface area contributed by atoms with E-state index in [1.165, 1.54) is 10.4 Å². The van der Waals surface area contributed by atoms with Gasteiger partial charge in [-0.15, -0.1) is 11.6 Å². The van der Waals surface area contributed by atoms with E-state index in [1.54, 1.807) is 0 Å². The maximum absolute atomic E-state index is 11.9. The van der Waals surface area contributed by atoms with E-state index in [0.29, 0.717) is 26.1 Å². The fourth-order valence-electron chi connectivity index (χ4n) is 5.28. The van der Waals surface area contributed by atoms with Crippen LogP contribution in [-0.2, 0) is 28.2 Å². The molecule has 0 N–H and O–H groups in total. The fourth-order valence-corrected chi connectivity index (χ4v) is 10.7. The molecule has 2 aromatic rings. The third kappa shape index (κ3) is 6.41. The van der Waals surface area contributed by atoms with Gasteiger partial charge in [-0.1, -0.05) is 81.4 Å². The molecule has 2 fully saturated rings. The molecule has 0 saturated carbocycles. The van der Waals surface area contributed by atoms with Gasteiger partial charge in [0, 0.05) is 6.61 Å². The van der Waals surface area contributed by atoms with Gasteiger partial charge >= 0.3 is 0 Å². The summed E-state index contributed by atoms with van der Waals surface area (Å²) in [7, 11) is -6.34. The summed E-state index contributed by atoms with van der Waals surface area (Å²) in [6, 6.07) is 21.2. The van der Waals surface area contributed by atoms with Crippen LogP contribution >= 0.6 is 11.6 Å². The predicted molar refractivity (Wildman–Crippen MR) is 145 cm³/mol. The van der Waals surface area contributed by atoms with Crippen LogP contribution in [0.2, 0.25) is 5.04 Å². The highest BCUT2D eigenvalue weighted by Crippen LogP contribution is 2.38. The summed E-state index contributed by atoms with van der Waals surface area (Å²) >= 11 is 5.52. The molecular formula is C27H37ClO6SSi. The first-order valence-corrected chi connectivity index (χ1v) is 16.7. The van der Waals surface area contributed by atoms with Crippen LogP contribution < -0.4 is 10.4 Å². The molecule has 0 aromatic heterocycles. The van der Waals surface area contributed by atoms with Crippen molar-refractivity contribution in [1.29, 1.82) is 0 Å². The number of epoxide rings is 1. The Morgan fingerprint density at radius 2 is 1.53 bits per heavy atom. The van der Waals surface area contributed by atoms with E-state index in [9.17, 15) is 8.42 Å². The molecule has 0 spiro atoms. The van der Waals surface area contributed by atoms with Crippen LogP contribution in [0.4, 0.5) is 0 Å². The highest BCUT2D eigenvalue weighted by molar-refractivity contribution is 7.87. The molecule has 4 rings (SSSR count). The lowest BCUT2D eigenvalue weighted by Crippen LogP contribution is -2.66. The van der Waals surface area contributed by atoms with Crippen LogP contribution in [0.25, 0.3) is 0 Å². The van der Waals surface area contributed by atoms with Crippen molar-refractivity contribution in [3.8, 4) is 0 Å². The second-order valence-corrected chi connectivity index (χ2v) is 17.1. The van der Waals surface area contributed by atoms with Gasteiger partial charge in [0.25, 0.3) is 18.4 Å². The first kappa shape index (κ1) is 27.8. The Morgan fingerprint density at radius 3 is 2.08 bits per heavy atom. The summed E-state index contributed by atoms with van der Waals surface area (Å²) in [4.78, 5) is 0. The molecular weight excluding hydrogens is 516 g/mol. The molecule has 6 nitrogen and oxygen atoms in total. The van der Waals surface area contributed by atoms with Crippen molar-refractivity contribution < 1.29 is 26.5 Å². The van der Waals surface area contributed by atoms with Crippen molar-refractivity contribution in [2.24, 2.45) is 0 Å². The van der Waals surface area contributed by atoms with Gasteiger partial charge in [0.15, 0.2) is 0 Å². The van der Waals surface area contributed by atoms with Crippen LogP contribution in [-0.4, -0.2) is 59.6 Å². The smallest absolute Gasteiger partial charge is 0.281 e. The number of ether oxygens (including phenoxy) is 2. The summed E-state index contributed by atoms with van der Waals surface area (Å²) in [5.41, 5.74) is 0. The van der Waals surface area contributed by atoms with Gasteiger partial charge in [-0.25, -0.2) is 0 Å². The van der Waals surface area contributed by atoms with Crippen molar-refractivity contribution in [1.82, 2.24) is 0 Å². The Kier molecular flexibility index (Phi) is 8.98. The molecule has 4 atom stereocenters. The first-order chi connectivity index (χ1) is 17.2. The third-order valence-corrected chi connectivity index (χ3v) is 13.7. The van der Waals surface area contributed by atoms with E-state index in [1.807, 2.05) is 12.1 Å². The monoisotopic (exact) mass is 552 g/mol. The SMILES string of the molecule is CC(C)(C)[Si](OC[C@@H]1O[C@@H]1CC[C@H]1OCCC[C@H]1OS(=O)(=O)CCl)(c1ccccc1)c1ccccc1. The van der Waals surface area contributed by atoms with E-state index in [4.69, 9.17) is 29.7 Å². The van der Waals surface area contributed by atoms with Gasteiger partial charge in [0.1, 0.15) is 17.4 Å². The first-order valence-electron chi connectivity index (χ1n) is 12.7. The summed E-state index contributed by atoms with van der Waals surface area (Å²) in [5, 5.41) is 1.85. The number of halogens is 1. The zero-order valence-electron chi connectivity index (χ0n) is 21.3. The van der Waals surface area contributed by atoms with Gasteiger partial charge in [0.2, 0.25) is 0 Å². The zero-order chi connectivity index (χ0) is 25.8. The van der Waals surface area contributed by atoms with Gasteiger partial charge < -0.3 is 13.9 Å². The largest absolute Gasteiger partial charge is 0.405 e. The third-order valence-electron chi connectivity index (χ3n) is 7.09. The second-order valence-electron chi connectivity index (χ2n) is 10.6. The molecule has 0 unspecified atom stereocenters. The molecule has 2 aromatic carbocycles. The minimum Gasteiger partial charge on any atom is -0.405 e. The van der Waals surface area contributed by atoms with Crippen LogP contribution in [0.3, 0.4) is 0 Å². The Hall–Kier alpha value is -1.26. The fraction of sp³-hybridized carbons (Fsp3) is 0.556. The lowest BCUT2D eigenvalue weighted by atomic mass is 10.00. The molecule has 9 heteroatoms. The molecule has 198 valence electrons.